The van der Waals surface area contributed by atoms with E-state index in [0.717, 1.165) is 12.0 Å². The first-order valence-corrected chi connectivity index (χ1v) is 12.6. The molecule has 0 spiro atoms. The number of nitrogens with zero attached hydrogens (tertiary/aromatic N) is 2. The molecule has 0 N–H and O–H groups in total. The fourth-order valence-electron chi connectivity index (χ4n) is 4.67. The number of para-hydroxylation sites is 1. The van der Waals surface area contributed by atoms with Crippen molar-refractivity contribution in [3.8, 4) is 11.5 Å². The van der Waals surface area contributed by atoms with Crippen LogP contribution in [0.1, 0.15) is 60.5 Å². The number of carbonyl (C=O) groups is 1. The summed E-state index contributed by atoms with van der Waals surface area (Å²) in [4.78, 5) is 33.6. The van der Waals surface area contributed by atoms with Gasteiger partial charge in [-0.15, -0.1) is 0 Å². The molecule has 7 nitrogen and oxygen atoms in total. The molecule has 2 aromatic carbocycles. The molecule has 0 bridgehead atoms. The molecular formula is C30H30N2O5. The Kier molecular flexibility index (Phi) is 6.70. The molecule has 0 aliphatic carbocycles. The summed E-state index contributed by atoms with van der Waals surface area (Å²) in [5, 5.41) is 0.428. The third-order valence-corrected chi connectivity index (χ3v) is 6.52. The van der Waals surface area contributed by atoms with Crippen LogP contribution in [0.15, 0.2) is 70.0 Å². The van der Waals surface area contributed by atoms with Crippen LogP contribution in [-0.4, -0.2) is 24.1 Å². The van der Waals surface area contributed by atoms with Crippen LogP contribution in [-0.2, 0) is 0 Å². The van der Waals surface area contributed by atoms with Gasteiger partial charge in [-0.25, -0.2) is 4.98 Å². The monoisotopic (exact) mass is 498 g/mol. The van der Waals surface area contributed by atoms with Crippen LogP contribution < -0.4 is 19.8 Å². The van der Waals surface area contributed by atoms with E-state index in [2.05, 4.69) is 18.8 Å². The topological polar surface area (TPSA) is 81.9 Å². The second kappa shape index (κ2) is 10.1. The zero-order valence-corrected chi connectivity index (χ0v) is 21.5. The van der Waals surface area contributed by atoms with Crippen molar-refractivity contribution in [2.45, 2.75) is 40.2 Å². The largest absolute Gasteiger partial charge is 0.490 e. The van der Waals surface area contributed by atoms with E-state index in [1.54, 1.807) is 35.4 Å². The van der Waals surface area contributed by atoms with Crippen LogP contribution in [0.4, 0.5) is 5.82 Å². The molecule has 37 heavy (non-hydrogen) atoms. The maximum atomic E-state index is 13.8. The minimum atomic E-state index is -0.735. The minimum Gasteiger partial charge on any atom is -0.490 e. The Labute approximate surface area is 215 Å². The minimum absolute atomic E-state index is 0.0361. The van der Waals surface area contributed by atoms with Crippen molar-refractivity contribution < 1.29 is 18.7 Å². The van der Waals surface area contributed by atoms with Gasteiger partial charge in [0.1, 0.15) is 11.4 Å². The van der Waals surface area contributed by atoms with Crippen molar-refractivity contribution in [2.75, 3.05) is 18.1 Å². The summed E-state index contributed by atoms with van der Waals surface area (Å²) in [6, 6.07) is 15.5. The molecule has 7 heteroatoms. The number of hydrogen-bond donors (Lipinski definition) is 0. The fraction of sp³-hybridized carbons (Fsp3) is 0.300. The Balaban J connectivity index is 1.69. The summed E-state index contributed by atoms with van der Waals surface area (Å²) >= 11 is 0. The number of amides is 1. The van der Waals surface area contributed by atoms with E-state index in [1.165, 1.54) is 0 Å². The van der Waals surface area contributed by atoms with Crippen molar-refractivity contribution in [3.05, 3.63) is 93.5 Å². The predicted molar refractivity (Wildman–Crippen MR) is 143 cm³/mol. The smallest absolute Gasteiger partial charge is 0.296 e. The van der Waals surface area contributed by atoms with Gasteiger partial charge < -0.3 is 13.9 Å². The van der Waals surface area contributed by atoms with Gasteiger partial charge in [-0.1, -0.05) is 38.1 Å². The molecule has 190 valence electrons. The van der Waals surface area contributed by atoms with Crippen molar-refractivity contribution in [1.29, 1.82) is 0 Å². The molecule has 0 saturated carbocycles. The van der Waals surface area contributed by atoms with Crippen molar-refractivity contribution >= 4 is 22.7 Å². The highest BCUT2D eigenvalue weighted by molar-refractivity contribution is 6.10. The Morgan fingerprint density at radius 2 is 1.84 bits per heavy atom. The molecule has 0 saturated heterocycles. The van der Waals surface area contributed by atoms with Gasteiger partial charge in [-0.05, 0) is 67.6 Å². The van der Waals surface area contributed by atoms with Crippen molar-refractivity contribution in [2.24, 2.45) is 5.92 Å². The Bertz CT molecular complexity index is 1520. The highest BCUT2D eigenvalue weighted by Gasteiger charge is 2.45. The number of hydrogen-bond acceptors (Lipinski definition) is 6. The van der Waals surface area contributed by atoms with E-state index >= 15 is 0 Å². The molecule has 0 fully saturated rings. The SMILES string of the molecule is CCOc1cc(C2c3c(oc4ccccc4c3=O)C(=O)N2c2ncccc2C)ccc1OCCC(C)C. The summed E-state index contributed by atoms with van der Waals surface area (Å²) in [6.45, 7) is 9.10. The third-order valence-electron chi connectivity index (χ3n) is 6.52. The number of fused-ring (bicyclic) bond motifs is 2. The maximum Gasteiger partial charge on any atom is 0.296 e. The van der Waals surface area contributed by atoms with Gasteiger partial charge in [0, 0.05) is 6.20 Å². The lowest BCUT2D eigenvalue weighted by Crippen LogP contribution is -2.31. The first kappa shape index (κ1) is 24.6. The van der Waals surface area contributed by atoms with Crippen molar-refractivity contribution in [1.82, 2.24) is 4.98 Å². The van der Waals surface area contributed by atoms with Gasteiger partial charge in [-0.3, -0.25) is 14.5 Å². The molecule has 2 aromatic heterocycles. The summed E-state index contributed by atoms with van der Waals surface area (Å²) < 4.78 is 18.0. The average Bonchev–Trinajstić information content (AvgIpc) is 3.17. The van der Waals surface area contributed by atoms with Crippen LogP contribution in [0.5, 0.6) is 11.5 Å². The fourth-order valence-corrected chi connectivity index (χ4v) is 4.67. The molecule has 0 radical (unpaired) electrons. The number of aromatic nitrogens is 1. The number of rotatable bonds is 8. The van der Waals surface area contributed by atoms with Crippen LogP contribution in [0, 0.1) is 12.8 Å². The summed E-state index contributed by atoms with van der Waals surface area (Å²) in [5.74, 6) is 1.81. The quantitative estimate of drug-likeness (QED) is 0.293. The number of carbonyl (C=O) groups excluding carboxylic acids is 1. The van der Waals surface area contributed by atoms with Gasteiger partial charge in [0.25, 0.3) is 5.91 Å². The van der Waals surface area contributed by atoms with Gasteiger partial charge in [0.2, 0.25) is 5.76 Å². The summed E-state index contributed by atoms with van der Waals surface area (Å²) in [5.41, 5.74) is 1.96. The summed E-state index contributed by atoms with van der Waals surface area (Å²) in [6.07, 6.45) is 2.55. The number of ether oxygens (including phenoxy) is 2. The number of benzene rings is 2. The number of pyridine rings is 1. The normalized spacial score (nSPS) is 14.9. The zero-order valence-electron chi connectivity index (χ0n) is 21.5. The molecule has 1 aliphatic heterocycles. The van der Waals surface area contributed by atoms with Crippen LogP contribution in [0.2, 0.25) is 0 Å². The van der Waals surface area contributed by atoms with Gasteiger partial charge >= 0.3 is 0 Å². The van der Waals surface area contributed by atoms with E-state index in [0.29, 0.717) is 58.5 Å². The second-order valence-electron chi connectivity index (χ2n) is 9.56. The standard InChI is InChI=1S/C30H30N2O5/c1-5-35-24-17-20(12-13-23(24)36-16-14-18(2)3)26-25-27(33)21-10-6-7-11-22(21)37-28(25)30(34)32(26)29-19(4)9-8-15-31-29/h6-13,15,17-18,26H,5,14,16H2,1-4H3. The average molecular weight is 499 g/mol. The lowest BCUT2D eigenvalue weighted by Gasteiger charge is -2.26. The molecule has 4 aromatic rings. The highest BCUT2D eigenvalue weighted by Crippen LogP contribution is 2.43. The molecular weight excluding hydrogens is 468 g/mol. The van der Waals surface area contributed by atoms with Crippen LogP contribution >= 0.6 is 0 Å². The van der Waals surface area contributed by atoms with Crippen molar-refractivity contribution in [3.63, 3.8) is 0 Å². The van der Waals surface area contributed by atoms with E-state index in [9.17, 15) is 9.59 Å². The molecule has 5 rings (SSSR count). The molecule has 1 aliphatic rings. The molecule has 3 heterocycles. The van der Waals surface area contributed by atoms with Gasteiger partial charge in [0.15, 0.2) is 16.9 Å². The first-order valence-electron chi connectivity index (χ1n) is 12.6. The van der Waals surface area contributed by atoms with E-state index in [1.807, 2.05) is 44.2 Å². The molecule has 1 unspecified atom stereocenters. The van der Waals surface area contributed by atoms with E-state index < -0.39 is 11.9 Å². The van der Waals surface area contributed by atoms with E-state index in [-0.39, 0.29) is 11.2 Å². The molecule has 1 amide bonds. The lowest BCUT2D eigenvalue weighted by atomic mass is 9.98. The van der Waals surface area contributed by atoms with E-state index in [4.69, 9.17) is 13.9 Å². The Hall–Kier alpha value is -4.13. The Morgan fingerprint density at radius 1 is 1.03 bits per heavy atom. The zero-order chi connectivity index (χ0) is 26.1. The van der Waals surface area contributed by atoms with Crippen LogP contribution in [0.3, 0.4) is 0 Å². The first-order chi connectivity index (χ1) is 17.9. The van der Waals surface area contributed by atoms with Gasteiger partial charge in [0.05, 0.1) is 30.2 Å². The molecule has 1 atom stereocenters. The lowest BCUT2D eigenvalue weighted by molar-refractivity contribution is 0.0970. The summed E-state index contributed by atoms with van der Waals surface area (Å²) in [7, 11) is 0. The third kappa shape index (κ3) is 4.46. The number of anilines is 1. The Morgan fingerprint density at radius 3 is 2.59 bits per heavy atom. The number of aryl methyl sites for hydroxylation is 1. The van der Waals surface area contributed by atoms with Gasteiger partial charge in [-0.2, -0.15) is 0 Å². The van der Waals surface area contributed by atoms with Crippen LogP contribution in [0.25, 0.3) is 11.0 Å². The highest BCUT2D eigenvalue weighted by atomic mass is 16.5. The maximum absolute atomic E-state index is 13.8. The predicted octanol–water partition coefficient (Wildman–Crippen LogP) is 6.07. The second-order valence-corrected chi connectivity index (χ2v) is 9.56.